The fraction of sp³-hybridized carbons (Fsp3) is 0.368. The van der Waals surface area contributed by atoms with E-state index in [1.54, 1.807) is 35.5 Å². The van der Waals surface area contributed by atoms with E-state index in [1.165, 1.54) is 0 Å². The topological polar surface area (TPSA) is 92.4 Å². The SMILES string of the molecule is Nc1cccc(C(=O)N2CCCN(C(=O)CCc3ccncc3)CC2)n1. The first-order valence-electron chi connectivity index (χ1n) is 8.82. The standard InChI is InChI=1S/C19H23N5O2/c20-17-4-1-3-16(22-17)19(26)24-12-2-11-23(13-14-24)18(25)6-5-15-7-9-21-10-8-15/h1,3-4,7-10H,2,5-6,11-14H2,(H2,20,22). The Balaban J connectivity index is 1.54. The van der Waals surface area contributed by atoms with Crippen molar-refractivity contribution in [1.82, 2.24) is 19.8 Å². The summed E-state index contributed by atoms with van der Waals surface area (Å²) in [6.45, 7) is 2.34. The van der Waals surface area contributed by atoms with E-state index in [0.29, 0.717) is 50.5 Å². The molecule has 2 aromatic rings. The zero-order valence-corrected chi connectivity index (χ0v) is 14.7. The zero-order valence-electron chi connectivity index (χ0n) is 14.7. The molecule has 3 heterocycles. The van der Waals surface area contributed by atoms with Crippen molar-refractivity contribution in [2.24, 2.45) is 0 Å². The lowest BCUT2D eigenvalue weighted by molar-refractivity contribution is -0.131. The summed E-state index contributed by atoms with van der Waals surface area (Å²) in [5.41, 5.74) is 7.12. The molecular formula is C19H23N5O2. The number of hydrogen-bond acceptors (Lipinski definition) is 5. The maximum absolute atomic E-state index is 12.6. The molecule has 26 heavy (non-hydrogen) atoms. The van der Waals surface area contributed by atoms with Crippen LogP contribution in [0.5, 0.6) is 0 Å². The molecule has 2 aromatic heterocycles. The molecule has 1 aliphatic rings. The van der Waals surface area contributed by atoms with Gasteiger partial charge in [-0.15, -0.1) is 0 Å². The summed E-state index contributed by atoms with van der Waals surface area (Å²) >= 11 is 0. The smallest absolute Gasteiger partial charge is 0.272 e. The van der Waals surface area contributed by atoms with Gasteiger partial charge < -0.3 is 15.5 Å². The van der Waals surface area contributed by atoms with Crippen LogP contribution in [0.1, 0.15) is 28.9 Å². The number of carbonyl (C=O) groups is 2. The van der Waals surface area contributed by atoms with Gasteiger partial charge in [0.15, 0.2) is 0 Å². The van der Waals surface area contributed by atoms with Gasteiger partial charge in [0.1, 0.15) is 11.5 Å². The van der Waals surface area contributed by atoms with Gasteiger partial charge in [-0.3, -0.25) is 14.6 Å². The van der Waals surface area contributed by atoms with Crippen LogP contribution in [0, 0.1) is 0 Å². The fourth-order valence-electron chi connectivity index (χ4n) is 3.06. The van der Waals surface area contributed by atoms with Crippen molar-refractivity contribution in [3.8, 4) is 0 Å². The maximum atomic E-state index is 12.6. The number of carbonyl (C=O) groups excluding carboxylic acids is 2. The van der Waals surface area contributed by atoms with Gasteiger partial charge in [-0.2, -0.15) is 0 Å². The maximum Gasteiger partial charge on any atom is 0.272 e. The van der Waals surface area contributed by atoms with Gasteiger partial charge >= 0.3 is 0 Å². The van der Waals surface area contributed by atoms with Gasteiger partial charge in [0.25, 0.3) is 5.91 Å². The number of hydrogen-bond donors (Lipinski definition) is 1. The Hall–Kier alpha value is -2.96. The van der Waals surface area contributed by atoms with Crippen LogP contribution in [-0.2, 0) is 11.2 Å². The lowest BCUT2D eigenvalue weighted by atomic mass is 10.1. The first kappa shape index (κ1) is 17.8. The van der Waals surface area contributed by atoms with Crippen molar-refractivity contribution in [2.75, 3.05) is 31.9 Å². The summed E-state index contributed by atoms with van der Waals surface area (Å²) in [5.74, 6) is 0.320. The van der Waals surface area contributed by atoms with E-state index < -0.39 is 0 Å². The third-order valence-corrected chi connectivity index (χ3v) is 4.50. The van der Waals surface area contributed by atoms with E-state index in [9.17, 15) is 9.59 Å². The molecule has 1 fully saturated rings. The van der Waals surface area contributed by atoms with Crippen LogP contribution in [-0.4, -0.2) is 57.8 Å². The molecule has 7 heteroatoms. The second-order valence-corrected chi connectivity index (χ2v) is 6.33. The number of amides is 2. The highest BCUT2D eigenvalue weighted by Crippen LogP contribution is 2.11. The summed E-state index contributed by atoms with van der Waals surface area (Å²) in [5, 5.41) is 0. The van der Waals surface area contributed by atoms with Crippen molar-refractivity contribution in [3.63, 3.8) is 0 Å². The van der Waals surface area contributed by atoms with Gasteiger partial charge in [0.2, 0.25) is 5.91 Å². The fourth-order valence-corrected chi connectivity index (χ4v) is 3.06. The molecule has 2 N–H and O–H groups in total. The molecule has 0 aliphatic carbocycles. The minimum Gasteiger partial charge on any atom is -0.384 e. The number of aromatic nitrogens is 2. The number of nitrogens with two attached hydrogens (primary N) is 1. The largest absolute Gasteiger partial charge is 0.384 e. The monoisotopic (exact) mass is 353 g/mol. The van der Waals surface area contributed by atoms with Crippen LogP contribution in [0.4, 0.5) is 5.82 Å². The molecule has 136 valence electrons. The Morgan fingerprint density at radius 1 is 1.00 bits per heavy atom. The Bertz CT molecular complexity index is 766. The Kier molecular flexibility index (Phi) is 5.78. The van der Waals surface area contributed by atoms with E-state index in [0.717, 1.165) is 12.0 Å². The van der Waals surface area contributed by atoms with Crippen molar-refractivity contribution in [3.05, 3.63) is 54.0 Å². The summed E-state index contributed by atoms with van der Waals surface area (Å²) in [7, 11) is 0. The quantitative estimate of drug-likeness (QED) is 0.896. The number of anilines is 1. The Morgan fingerprint density at radius 3 is 2.50 bits per heavy atom. The predicted octanol–water partition coefficient (Wildman–Crippen LogP) is 1.37. The summed E-state index contributed by atoms with van der Waals surface area (Å²) in [6, 6.07) is 8.90. The first-order chi connectivity index (χ1) is 12.6. The minimum absolute atomic E-state index is 0.123. The number of pyridine rings is 2. The normalized spacial score (nSPS) is 14.8. The second-order valence-electron chi connectivity index (χ2n) is 6.33. The number of nitrogens with zero attached hydrogens (tertiary/aromatic N) is 4. The lowest BCUT2D eigenvalue weighted by Gasteiger charge is -2.22. The van der Waals surface area contributed by atoms with Crippen LogP contribution in [0.25, 0.3) is 0 Å². The van der Waals surface area contributed by atoms with Crippen molar-refractivity contribution in [1.29, 1.82) is 0 Å². The molecule has 0 bridgehead atoms. The molecule has 3 rings (SSSR count). The minimum atomic E-state index is -0.136. The number of nitrogen functional groups attached to an aromatic ring is 1. The van der Waals surface area contributed by atoms with E-state index in [2.05, 4.69) is 9.97 Å². The lowest BCUT2D eigenvalue weighted by Crippen LogP contribution is -2.37. The zero-order chi connectivity index (χ0) is 18.4. The molecule has 0 saturated carbocycles. The van der Waals surface area contributed by atoms with Gasteiger partial charge in [-0.25, -0.2) is 4.98 Å². The molecule has 1 aliphatic heterocycles. The predicted molar refractivity (Wildman–Crippen MR) is 98.3 cm³/mol. The van der Waals surface area contributed by atoms with Gasteiger partial charge in [-0.05, 0) is 42.7 Å². The van der Waals surface area contributed by atoms with Crippen molar-refractivity contribution >= 4 is 17.6 Å². The van der Waals surface area contributed by atoms with E-state index >= 15 is 0 Å². The molecule has 7 nitrogen and oxygen atoms in total. The van der Waals surface area contributed by atoms with E-state index in [-0.39, 0.29) is 11.8 Å². The van der Waals surface area contributed by atoms with Crippen molar-refractivity contribution in [2.45, 2.75) is 19.3 Å². The third kappa shape index (κ3) is 4.56. The van der Waals surface area contributed by atoms with E-state index in [1.807, 2.05) is 17.0 Å². The first-order valence-corrected chi connectivity index (χ1v) is 8.82. The summed E-state index contributed by atoms with van der Waals surface area (Å²) in [6.07, 6.45) is 5.40. The molecule has 2 amide bonds. The Labute approximate surface area is 152 Å². The Morgan fingerprint density at radius 2 is 1.73 bits per heavy atom. The number of aryl methyl sites for hydroxylation is 1. The highest BCUT2D eigenvalue weighted by molar-refractivity contribution is 5.92. The average molecular weight is 353 g/mol. The average Bonchev–Trinajstić information content (AvgIpc) is 2.92. The van der Waals surface area contributed by atoms with Crippen LogP contribution in [0.3, 0.4) is 0 Å². The van der Waals surface area contributed by atoms with Crippen molar-refractivity contribution < 1.29 is 9.59 Å². The van der Waals surface area contributed by atoms with Crippen LogP contribution < -0.4 is 5.73 Å². The molecule has 1 saturated heterocycles. The van der Waals surface area contributed by atoms with Crippen LogP contribution in [0.2, 0.25) is 0 Å². The molecule has 0 unspecified atom stereocenters. The number of rotatable bonds is 4. The van der Waals surface area contributed by atoms with Crippen LogP contribution in [0.15, 0.2) is 42.7 Å². The summed E-state index contributed by atoms with van der Waals surface area (Å²) < 4.78 is 0. The molecule has 0 radical (unpaired) electrons. The van der Waals surface area contributed by atoms with Gasteiger partial charge in [0.05, 0.1) is 0 Å². The summed E-state index contributed by atoms with van der Waals surface area (Å²) in [4.78, 5) is 36.8. The van der Waals surface area contributed by atoms with E-state index in [4.69, 9.17) is 5.73 Å². The molecule has 0 spiro atoms. The molecule has 0 atom stereocenters. The highest BCUT2D eigenvalue weighted by Gasteiger charge is 2.23. The van der Waals surface area contributed by atoms with Crippen LogP contribution >= 0.6 is 0 Å². The third-order valence-electron chi connectivity index (χ3n) is 4.50. The highest BCUT2D eigenvalue weighted by atomic mass is 16.2. The molecular weight excluding hydrogens is 330 g/mol. The molecule has 0 aromatic carbocycles. The van der Waals surface area contributed by atoms with Gasteiger partial charge in [0, 0.05) is 45.0 Å². The second kappa shape index (κ2) is 8.42. The van der Waals surface area contributed by atoms with Gasteiger partial charge in [-0.1, -0.05) is 6.07 Å².